The van der Waals surface area contributed by atoms with Gasteiger partial charge in [-0.1, -0.05) is 12.1 Å². The van der Waals surface area contributed by atoms with Gasteiger partial charge in [0.25, 0.3) is 5.22 Å². The van der Waals surface area contributed by atoms with Crippen LogP contribution in [0.2, 0.25) is 0 Å². The molecule has 3 nitrogen and oxygen atoms in total. The molecular formula is C7H5NO2S. The first-order valence-electron chi connectivity index (χ1n) is 3.07. The molecule has 0 aliphatic carbocycles. The van der Waals surface area contributed by atoms with Crippen LogP contribution in [0.4, 0.5) is 0 Å². The first kappa shape index (κ1) is 6.69. The number of fused-ring (bicyclic) bond motifs is 1. The maximum absolute atomic E-state index is 8.60. The van der Waals surface area contributed by atoms with E-state index < -0.39 is 0 Å². The van der Waals surface area contributed by atoms with E-state index in [1.807, 2.05) is 24.3 Å². The minimum Gasteiger partial charge on any atom is -0.430 e. The molecule has 56 valence electrons. The number of para-hydroxylation sites is 2. The molecule has 0 amide bonds. The Morgan fingerprint density at radius 1 is 1.36 bits per heavy atom. The second kappa shape index (κ2) is 2.56. The van der Waals surface area contributed by atoms with Crippen molar-refractivity contribution >= 4 is 23.1 Å². The maximum Gasteiger partial charge on any atom is 0.284 e. The maximum atomic E-state index is 8.60. The third-order valence-electron chi connectivity index (χ3n) is 1.35. The van der Waals surface area contributed by atoms with E-state index in [9.17, 15) is 0 Å². The monoisotopic (exact) mass is 167 g/mol. The Bertz CT molecular complexity index is 338. The van der Waals surface area contributed by atoms with E-state index >= 15 is 0 Å². The summed E-state index contributed by atoms with van der Waals surface area (Å²) in [6.45, 7) is 0. The Balaban J connectivity index is 2.69. The van der Waals surface area contributed by atoms with Crippen LogP contribution >= 0.6 is 12.0 Å². The van der Waals surface area contributed by atoms with E-state index in [1.165, 1.54) is 0 Å². The van der Waals surface area contributed by atoms with Crippen molar-refractivity contribution in [1.29, 1.82) is 0 Å². The molecule has 2 aromatic rings. The van der Waals surface area contributed by atoms with Gasteiger partial charge in [-0.3, -0.25) is 0 Å². The Hall–Kier alpha value is -1.00. The first-order valence-corrected chi connectivity index (χ1v) is 3.84. The summed E-state index contributed by atoms with van der Waals surface area (Å²) >= 11 is 0.517. The Morgan fingerprint density at radius 2 is 2.18 bits per heavy atom. The highest BCUT2D eigenvalue weighted by Crippen LogP contribution is 2.20. The molecular weight excluding hydrogens is 162 g/mol. The Kier molecular flexibility index (Phi) is 1.56. The summed E-state index contributed by atoms with van der Waals surface area (Å²) in [5.41, 5.74) is 1.47. The summed E-state index contributed by atoms with van der Waals surface area (Å²) < 4.78 is 13.7. The van der Waals surface area contributed by atoms with Gasteiger partial charge in [-0.05, 0) is 12.1 Å². The SMILES string of the molecule is OSc1nc2ccccc2o1. The van der Waals surface area contributed by atoms with Gasteiger partial charge in [-0.2, -0.15) is 0 Å². The molecule has 1 aromatic carbocycles. The Morgan fingerprint density at radius 3 is 2.91 bits per heavy atom. The molecule has 0 spiro atoms. The van der Waals surface area contributed by atoms with Crippen molar-refractivity contribution < 1.29 is 8.97 Å². The lowest BCUT2D eigenvalue weighted by atomic mass is 10.3. The van der Waals surface area contributed by atoms with Gasteiger partial charge in [-0.25, -0.2) is 4.98 Å². The number of nitrogens with zero attached hydrogens (tertiary/aromatic N) is 1. The second-order valence-corrected chi connectivity index (χ2v) is 2.57. The zero-order valence-corrected chi connectivity index (χ0v) is 6.34. The molecule has 0 unspecified atom stereocenters. The molecule has 11 heavy (non-hydrogen) atoms. The second-order valence-electron chi connectivity index (χ2n) is 2.04. The number of rotatable bonds is 1. The lowest BCUT2D eigenvalue weighted by molar-refractivity contribution is 0.474. The molecule has 0 saturated carbocycles. The van der Waals surface area contributed by atoms with Crippen LogP contribution in [0.25, 0.3) is 11.1 Å². The smallest absolute Gasteiger partial charge is 0.284 e. The lowest BCUT2D eigenvalue weighted by Gasteiger charge is -1.79. The summed E-state index contributed by atoms with van der Waals surface area (Å²) in [5, 5.41) is 0.284. The fraction of sp³-hybridized carbons (Fsp3) is 0. The van der Waals surface area contributed by atoms with Gasteiger partial charge in [-0.15, -0.1) is 0 Å². The van der Waals surface area contributed by atoms with Crippen LogP contribution in [0.3, 0.4) is 0 Å². The molecule has 4 heteroatoms. The summed E-state index contributed by atoms with van der Waals surface area (Å²) in [6, 6.07) is 7.37. The van der Waals surface area contributed by atoms with E-state index in [0.717, 1.165) is 5.52 Å². The zero-order chi connectivity index (χ0) is 7.68. The van der Waals surface area contributed by atoms with Crippen LogP contribution in [0.15, 0.2) is 33.9 Å². The van der Waals surface area contributed by atoms with Crippen LogP contribution in [0.1, 0.15) is 0 Å². The van der Waals surface area contributed by atoms with Gasteiger partial charge in [0.1, 0.15) is 5.52 Å². The molecule has 0 fully saturated rings. The number of hydrogen-bond donors (Lipinski definition) is 1. The van der Waals surface area contributed by atoms with Gasteiger partial charge in [0.05, 0.1) is 12.0 Å². The average Bonchev–Trinajstić information content (AvgIpc) is 2.46. The van der Waals surface area contributed by atoms with Crippen LogP contribution in [0, 0.1) is 0 Å². The van der Waals surface area contributed by atoms with Crippen LogP contribution in [-0.2, 0) is 0 Å². The standard InChI is InChI=1S/C7H5NO2S/c9-11-7-8-5-3-1-2-4-6(5)10-7/h1-4,9H. The molecule has 1 aromatic heterocycles. The van der Waals surface area contributed by atoms with E-state index in [-0.39, 0.29) is 5.22 Å². The summed E-state index contributed by atoms with van der Waals surface area (Å²) in [7, 11) is 0. The third-order valence-corrected chi connectivity index (χ3v) is 1.68. The molecule has 0 radical (unpaired) electrons. The van der Waals surface area contributed by atoms with Gasteiger partial charge in [0, 0.05) is 0 Å². The fourth-order valence-electron chi connectivity index (χ4n) is 0.890. The van der Waals surface area contributed by atoms with Gasteiger partial charge in [0.2, 0.25) is 0 Å². The number of benzene rings is 1. The van der Waals surface area contributed by atoms with Crippen molar-refractivity contribution in [2.24, 2.45) is 0 Å². The molecule has 1 heterocycles. The van der Waals surface area contributed by atoms with Crippen molar-refractivity contribution in [3.8, 4) is 0 Å². The van der Waals surface area contributed by atoms with E-state index in [1.54, 1.807) is 0 Å². The van der Waals surface area contributed by atoms with Gasteiger partial charge >= 0.3 is 0 Å². The van der Waals surface area contributed by atoms with Crippen LogP contribution in [0.5, 0.6) is 0 Å². The van der Waals surface area contributed by atoms with Crippen molar-refractivity contribution in [3.63, 3.8) is 0 Å². The van der Waals surface area contributed by atoms with Crippen LogP contribution in [-0.4, -0.2) is 9.54 Å². The fourth-order valence-corrected chi connectivity index (χ4v) is 1.16. The minimum atomic E-state index is 0.284. The van der Waals surface area contributed by atoms with Crippen LogP contribution < -0.4 is 0 Å². The highest BCUT2D eigenvalue weighted by molar-refractivity contribution is 7.93. The molecule has 2 rings (SSSR count). The molecule has 0 aliphatic rings. The number of aromatic nitrogens is 1. The van der Waals surface area contributed by atoms with Crippen molar-refractivity contribution in [3.05, 3.63) is 24.3 Å². The summed E-state index contributed by atoms with van der Waals surface area (Å²) in [5.74, 6) is 0. The van der Waals surface area contributed by atoms with Crippen molar-refractivity contribution in [1.82, 2.24) is 4.98 Å². The third kappa shape index (κ3) is 1.10. The Labute approximate surface area is 67.3 Å². The predicted octanol–water partition coefficient (Wildman–Crippen LogP) is 2.39. The first-order chi connectivity index (χ1) is 5.40. The largest absolute Gasteiger partial charge is 0.430 e. The van der Waals surface area contributed by atoms with Gasteiger partial charge < -0.3 is 8.97 Å². The molecule has 1 N–H and O–H groups in total. The van der Waals surface area contributed by atoms with Crippen molar-refractivity contribution in [2.45, 2.75) is 5.22 Å². The van der Waals surface area contributed by atoms with Gasteiger partial charge in [0.15, 0.2) is 5.58 Å². The number of oxazole rings is 1. The zero-order valence-electron chi connectivity index (χ0n) is 5.52. The van der Waals surface area contributed by atoms with E-state index in [2.05, 4.69) is 4.98 Å². The molecule has 0 saturated heterocycles. The summed E-state index contributed by atoms with van der Waals surface area (Å²) in [4.78, 5) is 3.98. The highest BCUT2D eigenvalue weighted by Gasteiger charge is 2.02. The predicted molar refractivity (Wildman–Crippen MR) is 42.5 cm³/mol. The quantitative estimate of drug-likeness (QED) is 0.662. The number of hydrogen-bond acceptors (Lipinski definition) is 4. The lowest BCUT2D eigenvalue weighted by Crippen LogP contribution is -1.65. The summed E-state index contributed by atoms with van der Waals surface area (Å²) in [6.07, 6.45) is 0. The topological polar surface area (TPSA) is 46.3 Å². The normalized spacial score (nSPS) is 10.6. The molecule has 0 atom stereocenters. The van der Waals surface area contributed by atoms with E-state index in [4.69, 9.17) is 8.97 Å². The van der Waals surface area contributed by atoms with Crippen molar-refractivity contribution in [2.75, 3.05) is 0 Å². The highest BCUT2D eigenvalue weighted by atomic mass is 32.2. The molecule has 0 bridgehead atoms. The molecule has 0 aliphatic heterocycles. The average molecular weight is 167 g/mol. The van der Waals surface area contributed by atoms with E-state index in [0.29, 0.717) is 17.6 Å². The minimum absolute atomic E-state index is 0.284.